The lowest BCUT2D eigenvalue weighted by molar-refractivity contribution is -0.132. The van der Waals surface area contributed by atoms with Crippen molar-refractivity contribution in [1.29, 1.82) is 0 Å². The van der Waals surface area contributed by atoms with Crippen LogP contribution < -0.4 is 0 Å². The van der Waals surface area contributed by atoms with E-state index < -0.39 is 5.97 Å². The molecule has 0 saturated heterocycles. The van der Waals surface area contributed by atoms with E-state index in [9.17, 15) is 4.79 Å². The number of carboxylic acids is 1. The minimum absolute atomic E-state index is 0.306. The molecule has 0 bridgehead atoms. The fraction of sp³-hybridized carbons (Fsp3) is 0.643. The SMILES string of the molecule is C=C(C)C(C)(C)C.O=C(O)C1=CCCCC1. The summed E-state index contributed by atoms with van der Waals surface area (Å²) in [6, 6.07) is 0. The van der Waals surface area contributed by atoms with Gasteiger partial charge in [0.25, 0.3) is 0 Å². The third kappa shape index (κ3) is 6.44. The number of carbonyl (C=O) groups is 1. The second-order valence-electron chi connectivity index (χ2n) is 5.31. The molecule has 0 aromatic heterocycles. The number of hydrogen-bond acceptors (Lipinski definition) is 1. The Morgan fingerprint density at radius 1 is 1.38 bits per heavy atom. The monoisotopic (exact) mass is 224 g/mol. The van der Waals surface area contributed by atoms with Crippen molar-refractivity contribution in [2.75, 3.05) is 0 Å². The maximum absolute atomic E-state index is 10.3. The average Bonchev–Trinajstić information content (AvgIpc) is 2.18. The number of aliphatic carboxylic acids is 1. The highest BCUT2D eigenvalue weighted by Gasteiger charge is 2.09. The molecule has 16 heavy (non-hydrogen) atoms. The number of carboxylic acid groups (broad SMARTS) is 1. The van der Waals surface area contributed by atoms with E-state index in [1.807, 2.05) is 6.08 Å². The second kappa shape index (κ2) is 6.51. The van der Waals surface area contributed by atoms with Crippen molar-refractivity contribution in [2.45, 2.75) is 53.4 Å². The Hall–Kier alpha value is -1.05. The third-order valence-electron chi connectivity index (χ3n) is 2.85. The third-order valence-corrected chi connectivity index (χ3v) is 2.85. The smallest absolute Gasteiger partial charge is 0.331 e. The van der Waals surface area contributed by atoms with Gasteiger partial charge in [0.15, 0.2) is 0 Å². The molecule has 2 nitrogen and oxygen atoms in total. The quantitative estimate of drug-likeness (QED) is 0.678. The highest BCUT2D eigenvalue weighted by atomic mass is 16.4. The van der Waals surface area contributed by atoms with Gasteiger partial charge in [-0.05, 0) is 38.0 Å². The molecule has 92 valence electrons. The van der Waals surface area contributed by atoms with Gasteiger partial charge < -0.3 is 5.11 Å². The van der Waals surface area contributed by atoms with E-state index in [2.05, 4.69) is 34.3 Å². The molecule has 0 amide bonds. The number of allylic oxidation sites excluding steroid dienone is 2. The summed E-state index contributed by atoms with van der Waals surface area (Å²) in [5, 5.41) is 8.47. The van der Waals surface area contributed by atoms with Crippen molar-refractivity contribution in [3.8, 4) is 0 Å². The maximum atomic E-state index is 10.3. The minimum atomic E-state index is -0.741. The summed E-state index contributed by atoms with van der Waals surface area (Å²) in [6.45, 7) is 12.4. The van der Waals surface area contributed by atoms with Crippen molar-refractivity contribution in [3.63, 3.8) is 0 Å². The van der Waals surface area contributed by atoms with Gasteiger partial charge in [0.1, 0.15) is 0 Å². The molecule has 0 fully saturated rings. The van der Waals surface area contributed by atoms with Crippen LogP contribution in [0.4, 0.5) is 0 Å². The fourth-order valence-electron chi connectivity index (χ4n) is 1.03. The van der Waals surface area contributed by atoms with E-state index in [4.69, 9.17) is 5.11 Å². The second-order valence-corrected chi connectivity index (χ2v) is 5.31. The Labute approximate surface area is 99.1 Å². The molecule has 1 aliphatic carbocycles. The normalized spacial score (nSPS) is 15.6. The lowest BCUT2D eigenvalue weighted by atomic mass is 9.89. The molecule has 2 heteroatoms. The van der Waals surface area contributed by atoms with E-state index in [0.29, 0.717) is 11.0 Å². The van der Waals surface area contributed by atoms with Gasteiger partial charge in [0.05, 0.1) is 0 Å². The first-order valence-electron chi connectivity index (χ1n) is 5.83. The lowest BCUT2D eigenvalue weighted by Gasteiger charge is -2.16. The van der Waals surface area contributed by atoms with E-state index in [1.54, 1.807) is 0 Å². The van der Waals surface area contributed by atoms with Crippen molar-refractivity contribution < 1.29 is 9.90 Å². The van der Waals surface area contributed by atoms with Gasteiger partial charge in [-0.25, -0.2) is 4.79 Å². The first kappa shape index (κ1) is 14.9. The van der Waals surface area contributed by atoms with E-state index in [0.717, 1.165) is 25.7 Å². The largest absolute Gasteiger partial charge is 0.478 e. The molecule has 0 radical (unpaired) electrons. The summed E-state index contributed by atoms with van der Waals surface area (Å²) >= 11 is 0. The summed E-state index contributed by atoms with van der Waals surface area (Å²) in [5.74, 6) is -0.741. The number of hydrogen-bond donors (Lipinski definition) is 1. The predicted octanol–water partition coefficient (Wildman–Crippen LogP) is 4.18. The van der Waals surface area contributed by atoms with E-state index in [-0.39, 0.29) is 0 Å². The first-order chi connectivity index (χ1) is 7.25. The summed E-state index contributed by atoms with van der Waals surface area (Å²) in [6.07, 6.45) is 5.72. The molecular weight excluding hydrogens is 200 g/mol. The van der Waals surface area contributed by atoms with Crippen molar-refractivity contribution in [3.05, 3.63) is 23.8 Å². The van der Waals surface area contributed by atoms with Crippen LogP contribution in [0.3, 0.4) is 0 Å². The van der Waals surface area contributed by atoms with Crippen molar-refractivity contribution >= 4 is 5.97 Å². The molecule has 0 atom stereocenters. The Balaban J connectivity index is 0.000000293. The molecule has 1 N–H and O–H groups in total. The summed E-state index contributed by atoms with van der Waals surface area (Å²) in [5.41, 5.74) is 2.15. The van der Waals surface area contributed by atoms with Crippen LogP contribution in [0.1, 0.15) is 53.4 Å². The molecule has 0 heterocycles. The zero-order chi connectivity index (χ0) is 12.8. The van der Waals surface area contributed by atoms with Crippen LogP contribution in [-0.2, 0) is 4.79 Å². The van der Waals surface area contributed by atoms with Gasteiger partial charge in [-0.1, -0.05) is 39.0 Å². The Kier molecular flexibility index (Phi) is 6.09. The molecule has 0 spiro atoms. The van der Waals surface area contributed by atoms with Crippen LogP contribution in [0.15, 0.2) is 23.8 Å². The average molecular weight is 224 g/mol. The maximum Gasteiger partial charge on any atom is 0.331 e. The van der Waals surface area contributed by atoms with Crippen LogP contribution in [0.25, 0.3) is 0 Å². The fourth-order valence-corrected chi connectivity index (χ4v) is 1.03. The van der Waals surface area contributed by atoms with Gasteiger partial charge in [-0.15, -0.1) is 0 Å². The van der Waals surface area contributed by atoms with Crippen LogP contribution >= 0.6 is 0 Å². The molecule has 0 unspecified atom stereocenters. The van der Waals surface area contributed by atoms with Crippen LogP contribution in [-0.4, -0.2) is 11.1 Å². The minimum Gasteiger partial charge on any atom is -0.478 e. The van der Waals surface area contributed by atoms with Gasteiger partial charge in [0, 0.05) is 5.57 Å². The molecule has 0 saturated carbocycles. The highest BCUT2D eigenvalue weighted by molar-refractivity contribution is 5.86. The van der Waals surface area contributed by atoms with Crippen LogP contribution in [0.2, 0.25) is 0 Å². The highest BCUT2D eigenvalue weighted by Crippen LogP contribution is 2.21. The van der Waals surface area contributed by atoms with Crippen molar-refractivity contribution in [2.24, 2.45) is 5.41 Å². The topological polar surface area (TPSA) is 37.3 Å². The summed E-state index contributed by atoms with van der Waals surface area (Å²) in [7, 11) is 0. The van der Waals surface area contributed by atoms with Gasteiger partial charge >= 0.3 is 5.97 Å². The molecule has 1 aliphatic rings. The summed E-state index contributed by atoms with van der Waals surface area (Å²) < 4.78 is 0. The molecule has 0 aromatic carbocycles. The predicted molar refractivity (Wildman–Crippen MR) is 68.5 cm³/mol. The van der Waals surface area contributed by atoms with Crippen LogP contribution in [0.5, 0.6) is 0 Å². The molecule has 0 aromatic rings. The number of rotatable bonds is 1. The van der Waals surface area contributed by atoms with Gasteiger partial charge in [-0.3, -0.25) is 0 Å². The van der Waals surface area contributed by atoms with Crippen molar-refractivity contribution in [1.82, 2.24) is 0 Å². The molecular formula is C14H24O2. The Bertz CT molecular complexity index is 280. The van der Waals surface area contributed by atoms with E-state index in [1.165, 1.54) is 5.57 Å². The lowest BCUT2D eigenvalue weighted by Crippen LogP contribution is -2.04. The molecule has 1 rings (SSSR count). The van der Waals surface area contributed by atoms with E-state index >= 15 is 0 Å². The zero-order valence-electron chi connectivity index (χ0n) is 11.0. The van der Waals surface area contributed by atoms with Gasteiger partial charge in [0.2, 0.25) is 0 Å². The Morgan fingerprint density at radius 2 is 1.88 bits per heavy atom. The molecule has 0 aliphatic heterocycles. The Morgan fingerprint density at radius 3 is 2.06 bits per heavy atom. The zero-order valence-corrected chi connectivity index (χ0v) is 11.0. The van der Waals surface area contributed by atoms with Crippen LogP contribution in [0, 0.1) is 5.41 Å². The van der Waals surface area contributed by atoms with Gasteiger partial charge in [-0.2, -0.15) is 0 Å². The summed E-state index contributed by atoms with van der Waals surface area (Å²) in [4.78, 5) is 10.3. The standard InChI is InChI=1S/C7H10O2.C7H14/c8-7(9)6-4-2-1-3-5-6;1-6(2)7(3,4)5/h4H,1-3,5H2,(H,8,9);1H2,2-5H3. The first-order valence-corrected chi connectivity index (χ1v) is 5.83.